The van der Waals surface area contributed by atoms with Crippen molar-refractivity contribution in [1.82, 2.24) is 0 Å². The molecule has 0 fully saturated rings. The van der Waals surface area contributed by atoms with Crippen molar-refractivity contribution in [3.05, 3.63) is 89.0 Å². The van der Waals surface area contributed by atoms with E-state index in [0.717, 1.165) is 28.8 Å². The Morgan fingerprint density at radius 2 is 1.62 bits per heavy atom. The van der Waals surface area contributed by atoms with Gasteiger partial charge in [-0.15, -0.1) is 0 Å². The highest BCUT2D eigenvalue weighted by molar-refractivity contribution is 7.92. The molecule has 6 heteroatoms. The molecule has 0 saturated carbocycles. The van der Waals surface area contributed by atoms with Crippen molar-refractivity contribution < 1.29 is 13.2 Å². The number of benzene rings is 3. The second-order valence-electron chi connectivity index (χ2n) is 6.92. The van der Waals surface area contributed by atoms with E-state index in [1.807, 2.05) is 39.0 Å². The van der Waals surface area contributed by atoms with Crippen molar-refractivity contribution >= 4 is 27.3 Å². The molecule has 3 aromatic carbocycles. The van der Waals surface area contributed by atoms with E-state index >= 15 is 0 Å². The van der Waals surface area contributed by atoms with Crippen molar-refractivity contribution in [2.75, 3.05) is 10.0 Å². The van der Waals surface area contributed by atoms with Crippen LogP contribution in [-0.4, -0.2) is 14.3 Å². The van der Waals surface area contributed by atoms with Crippen molar-refractivity contribution in [1.29, 1.82) is 0 Å². The summed E-state index contributed by atoms with van der Waals surface area (Å²) in [5, 5.41) is 2.96. The lowest BCUT2D eigenvalue weighted by atomic mass is 10.1. The zero-order valence-electron chi connectivity index (χ0n) is 16.7. The molecule has 0 aliphatic rings. The predicted octanol–water partition coefficient (Wildman–Crippen LogP) is 4.92. The summed E-state index contributed by atoms with van der Waals surface area (Å²) >= 11 is 0. The fourth-order valence-corrected chi connectivity index (χ4v) is 4.09. The van der Waals surface area contributed by atoms with Gasteiger partial charge in [-0.1, -0.05) is 48.9 Å². The maximum absolute atomic E-state index is 12.8. The van der Waals surface area contributed by atoms with E-state index in [0.29, 0.717) is 11.3 Å². The van der Waals surface area contributed by atoms with Gasteiger partial charge in [0.15, 0.2) is 0 Å². The van der Waals surface area contributed by atoms with Gasteiger partial charge in [0.2, 0.25) is 0 Å². The minimum absolute atomic E-state index is 0.172. The molecule has 0 radical (unpaired) electrons. The van der Waals surface area contributed by atoms with Gasteiger partial charge in [-0.25, -0.2) is 8.42 Å². The fraction of sp³-hybridized carbons (Fsp3) is 0.174. The van der Waals surface area contributed by atoms with Crippen LogP contribution in [0.15, 0.2) is 71.6 Å². The van der Waals surface area contributed by atoms with Crippen LogP contribution in [0.3, 0.4) is 0 Å². The first kappa shape index (κ1) is 20.6. The summed E-state index contributed by atoms with van der Waals surface area (Å²) < 4.78 is 27.7. The van der Waals surface area contributed by atoms with Gasteiger partial charge in [0.1, 0.15) is 0 Å². The van der Waals surface area contributed by atoms with E-state index < -0.39 is 10.0 Å². The Balaban J connectivity index is 1.82. The van der Waals surface area contributed by atoms with Gasteiger partial charge < -0.3 is 5.32 Å². The monoisotopic (exact) mass is 408 g/mol. The van der Waals surface area contributed by atoms with Crippen LogP contribution in [0.5, 0.6) is 0 Å². The number of hydrogen-bond donors (Lipinski definition) is 2. The van der Waals surface area contributed by atoms with Crippen LogP contribution >= 0.6 is 0 Å². The second kappa shape index (κ2) is 8.49. The highest BCUT2D eigenvalue weighted by Gasteiger charge is 2.16. The third-order valence-electron chi connectivity index (χ3n) is 4.69. The summed E-state index contributed by atoms with van der Waals surface area (Å²) in [5.74, 6) is -0.287. The molecule has 0 aliphatic heterocycles. The lowest BCUT2D eigenvalue weighted by Crippen LogP contribution is -2.16. The second-order valence-corrected chi connectivity index (χ2v) is 8.60. The van der Waals surface area contributed by atoms with E-state index in [1.54, 1.807) is 42.5 Å². The van der Waals surface area contributed by atoms with E-state index in [1.165, 1.54) is 6.07 Å². The molecule has 150 valence electrons. The molecular formula is C23H24N2O3S. The average molecular weight is 409 g/mol. The smallest absolute Gasteiger partial charge is 0.261 e. The van der Waals surface area contributed by atoms with Crippen LogP contribution < -0.4 is 10.0 Å². The molecule has 1 amide bonds. The topological polar surface area (TPSA) is 75.3 Å². The summed E-state index contributed by atoms with van der Waals surface area (Å²) in [5.41, 5.74) is 4.51. The molecule has 3 aromatic rings. The van der Waals surface area contributed by atoms with Crippen molar-refractivity contribution in [2.24, 2.45) is 0 Å². The zero-order chi connectivity index (χ0) is 21.0. The largest absolute Gasteiger partial charge is 0.321 e. The number of para-hydroxylation sites is 1. The van der Waals surface area contributed by atoms with Gasteiger partial charge in [-0.2, -0.15) is 0 Å². The third-order valence-corrected chi connectivity index (χ3v) is 6.08. The van der Waals surface area contributed by atoms with Gasteiger partial charge in [0.05, 0.1) is 4.90 Å². The lowest BCUT2D eigenvalue weighted by Gasteiger charge is -2.14. The predicted molar refractivity (Wildman–Crippen MR) is 117 cm³/mol. The molecule has 0 atom stereocenters. The fourth-order valence-electron chi connectivity index (χ4n) is 3.04. The number of amides is 1. The maximum atomic E-state index is 12.8. The Kier molecular flexibility index (Phi) is 6.03. The standard InChI is InChI=1S/C23H24N2O3S/c1-4-18-8-5-7-17(3)22(18)24-23(26)19-9-6-10-20(15-19)25-29(27,28)21-13-11-16(2)12-14-21/h5-15,25H,4H2,1-3H3,(H,24,26). The van der Waals surface area contributed by atoms with Crippen molar-refractivity contribution in [3.63, 3.8) is 0 Å². The van der Waals surface area contributed by atoms with E-state index in [4.69, 9.17) is 0 Å². The summed E-state index contributed by atoms with van der Waals surface area (Å²) in [4.78, 5) is 12.9. The number of rotatable bonds is 6. The first-order chi connectivity index (χ1) is 13.8. The first-order valence-electron chi connectivity index (χ1n) is 9.39. The highest BCUT2D eigenvalue weighted by atomic mass is 32.2. The van der Waals surface area contributed by atoms with Crippen LogP contribution in [0.25, 0.3) is 0 Å². The van der Waals surface area contributed by atoms with Gasteiger partial charge in [-0.05, 0) is 61.7 Å². The molecular weight excluding hydrogens is 384 g/mol. The Hall–Kier alpha value is -3.12. The third kappa shape index (κ3) is 4.84. The average Bonchev–Trinajstić information content (AvgIpc) is 2.69. The minimum atomic E-state index is -3.73. The molecule has 0 spiro atoms. The Morgan fingerprint density at radius 3 is 2.31 bits per heavy atom. The van der Waals surface area contributed by atoms with E-state index in [2.05, 4.69) is 10.0 Å². The van der Waals surface area contributed by atoms with Crippen LogP contribution in [0.1, 0.15) is 34.0 Å². The first-order valence-corrected chi connectivity index (χ1v) is 10.9. The Bertz CT molecular complexity index is 1140. The van der Waals surface area contributed by atoms with Gasteiger partial charge in [-0.3, -0.25) is 9.52 Å². The van der Waals surface area contributed by atoms with Gasteiger partial charge in [0, 0.05) is 16.9 Å². The number of carbonyl (C=O) groups excluding carboxylic acids is 1. The molecule has 0 unspecified atom stereocenters. The summed E-state index contributed by atoms with van der Waals surface area (Å²) in [6.45, 7) is 5.87. The van der Waals surface area contributed by atoms with Crippen LogP contribution in [0.2, 0.25) is 0 Å². The number of hydrogen-bond acceptors (Lipinski definition) is 3. The van der Waals surface area contributed by atoms with Crippen LogP contribution in [0, 0.1) is 13.8 Å². The van der Waals surface area contributed by atoms with Gasteiger partial charge >= 0.3 is 0 Å². The highest BCUT2D eigenvalue weighted by Crippen LogP contribution is 2.23. The molecule has 0 bridgehead atoms. The number of sulfonamides is 1. The molecule has 0 aromatic heterocycles. The maximum Gasteiger partial charge on any atom is 0.261 e. The normalized spacial score (nSPS) is 11.1. The van der Waals surface area contributed by atoms with E-state index in [-0.39, 0.29) is 10.8 Å². The summed E-state index contributed by atoms with van der Waals surface area (Å²) in [7, 11) is -3.73. The van der Waals surface area contributed by atoms with Crippen LogP contribution in [0.4, 0.5) is 11.4 Å². The van der Waals surface area contributed by atoms with Crippen LogP contribution in [-0.2, 0) is 16.4 Å². The molecule has 3 rings (SSSR count). The number of carbonyl (C=O) groups is 1. The van der Waals surface area contributed by atoms with Crippen molar-refractivity contribution in [3.8, 4) is 0 Å². The number of anilines is 2. The SMILES string of the molecule is CCc1cccc(C)c1NC(=O)c1cccc(NS(=O)(=O)c2ccc(C)cc2)c1. The molecule has 2 N–H and O–H groups in total. The lowest BCUT2D eigenvalue weighted by molar-refractivity contribution is 0.102. The molecule has 0 saturated heterocycles. The molecule has 5 nitrogen and oxygen atoms in total. The zero-order valence-corrected chi connectivity index (χ0v) is 17.5. The molecule has 0 heterocycles. The molecule has 0 aliphatic carbocycles. The van der Waals surface area contributed by atoms with Crippen molar-refractivity contribution in [2.45, 2.75) is 32.1 Å². The van der Waals surface area contributed by atoms with Gasteiger partial charge in [0.25, 0.3) is 15.9 Å². The quantitative estimate of drug-likeness (QED) is 0.608. The van der Waals surface area contributed by atoms with E-state index in [9.17, 15) is 13.2 Å². The molecule has 29 heavy (non-hydrogen) atoms. The summed E-state index contributed by atoms with van der Waals surface area (Å²) in [6.07, 6.45) is 0.799. The Morgan fingerprint density at radius 1 is 0.931 bits per heavy atom. The number of aryl methyl sites for hydroxylation is 3. The minimum Gasteiger partial charge on any atom is -0.321 e. The Labute approximate surface area is 171 Å². The number of nitrogens with one attached hydrogen (secondary N) is 2. The summed E-state index contributed by atoms with van der Waals surface area (Å²) in [6, 6.07) is 18.9.